The third-order valence-electron chi connectivity index (χ3n) is 2.96. The summed E-state index contributed by atoms with van der Waals surface area (Å²) in [4.78, 5) is 14.9. The van der Waals surface area contributed by atoms with Gasteiger partial charge in [-0.15, -0.1) is 12.6 Å². The molecule has 0 spiro atoms. The predicted octanol–water partition coefficient (Wildman–Crippen LogP) is 2.44. The predicted molar refractivity (Wildman–Crippen MR) is 78.4 cm³/mol. The Morgan fingerprint density at radius 1 is 1.44 bits per heavy atom. The first kappa shape index (κ1) is 15.1. The summed E-state index contributed by atoms with van der Waals surface area (Å²) in [5.74, 6) is -0.0295. The van der Waals surface area contributed by atoms with Crippen LogP contribution in [0, 0.1) is 0 Å². The van der Waals surface area contributed by atoms with Crippen molar-refractivity contribution >= 4 is 18.5 Å². The lowest BCUT2D eigenvalue weighted by Gasteiger charge is -2.20. The highest BCUT2D eigenvalue weighted by Crippen LogP contribution is 2.08. The molecule has 0 aliphatic rings. The van der Waals surface area contributed by atoms with E-state index in [0.717, 1.165) is 17.9 Å². The average molecular weight is 266 g/mol. The molecular formula is C14H22N2OS. The van der Waals surface area contributed by atoms with Crippen molar-refractivity contribution in [3.63, 3.8) is 0 Å². The summed E-state index contributed by atoms with van der Waals surface area (Å²) in [6, 6.07) is 7.82. The minimum atomic E-state index is -0.0295. The number of nitrogens with one attached hydrogen (secondary N) is 1. The fourth-order valence-electron chi connectivity index (χ4n) is 1.54. The highest BCUT2D eigenvalue weighted by atomic mass is 32.1. The molecule has 18 heavy (non-hydrogen) atoms. The Labute approximate surface area is 115 Å². The lowest BCUT2D eigenvalue weighted by molar-refractivity contribution is 0.0951. The molecule has 1 rings (SSSR count). The van der Waals surface area contributed by atoms with Crippen molar-refractivity contribution in [2.75, 3.05) is 20.1 Å². The van der Waals surface area contributed by atoms with E-state index < -0.39 is 0 Å². The molecule has 0 aliphatic carbocycles. The van der Waals surface area contributed by atoms with Crippen molar-refractivity contribution in [1.82, 2.24) is 10.2 Å². The van der Waals surface area contributed by atoms with Gasteiger partial charge in [-0.25, -0.2) is 0 Å². The van der Waals surface area contributed by atoms with Crippen LogP contribution in [-0.2, 0) is 0 Å². The Morgan fingerprint density at radius 2 is 2.17 bits per heavy atom. The Kier molecular flexibility index (Phi) is 6.22. The molecule has 0 aliphatic heterocycles. The molecule has 0 unspecified atom stereocenters. The first-order chi connectivity index (χ1) is 8.50. The molecule has 0 aromatic heterocycles. The van der Waals surface area contributed by atoms with Gasteiger partial charge in [-0.3, -0.25) is 4.79 Å². The summed E-state index contributed by atoms with van der Waals surface area (Å²) in [6.45, 7) is 6.02. The zero-order chi connectivity index (χ0) is 13.5. The SMILES string of the molecule is CC(C)N(C)CCCNC(=O)c1cccc(S)c1. The van der Waals surface area contributed by atoms with Crippen LogP contribution in [-0.4, -0.2) is 37.0 Å². The van der Waals surface area contributed by atoms with Gasteiger partial charge in [-0.1, -0.05) is 6.07 Å². The molecule has 1 amide bonds. The van der Waals surface area contributed by atoms with Crippen LogP contribution in [0.1, 0.15) is 30.6 Å². The number of hydrogen-bond donors (Lipinski definition) is 2. The summed E-state index contributed by atoms with van der Waals surface area (Å²) < 4.78 is 0. The Bertz CT molecular complexity index is 393. The van der Waals surface area contributed by atoms with Gasteiger partial charge in [0, 0.05) is 23.0 Å². The second-order valence-electron chi connectivity index (χ2n) is 4.73. The largest absolute Gasteiger partial charge is 0.352 e. The highest BCUT2D eigenvalue weighted by molar-refractivity contribution is 7.80. The molecule has 0 saturated carbocycles. The maximum absolute atomic E-state index is 11.8. The van der Waals surface area contributed by atoms with Crippen LogP contribution in [0.2, 0.25) is 0 Å². The average Bonchev–Trinajstić information content (AvgIpc) is 2.33. The van der Waals surface area contributed by atoms with Gasteiger partial charge in [0.2, 0.25) is 0 Å². The lowest BCUT2D eigenvalue weighted by Crippen LogP contribution is -2.31. The second kappa shape index (κ2) is 7.44. The van der Waals surface area contributed by atoms with Gasteiger partial charge >= 0.3 is 0 Å². The van der Waals surface area contributed by atoms with Gasteiger partial charge in [0.15, 0.2) is 0 Å². The molecule has 0 fully saturated rings. The fraction of sp³-hybridized carbons (Fsp3) is 0.500. The van der Waals surface area contributed by atoms with Gasteiger partial charge in [0.1, 0.15) is 0 Å². The van der Waals surface area contributed by atoms with Crippen molar-refractivity contribution in [1.29, 1.82) is 0 Å². The molecular weight excluding hydrogens is 244 g/mol. The van der Waals surface area contributed by atoms with Gasteiger partial charge in [-0.05, 0) is 52.1 Å². The maximum atomic E-state index is 11.8. The summed E-state index contributed by atoms with van der Waals surface area (Å²) in [7, 11) is 2.09. The monoisotopic (exact) mass is 266 g/mol. The van der Waals surface area contributed by atoms with E-state index in [1.807, 2.05) is 12.1 Å². The smallest absolute Gasteiger partial charge is 0.251 e. The van der Waals surface area contributed by atoms with Crippen LogP contribution in [0.25, 0.3) is 0 Å². The summed E-state index contributed by atoms with van der Waals surface area (Å²) in [6.07, 6.45) is 0.959. The van der Waals surface area contributed by atoms with Gasteiger partial charge in [-0.2, -0.15) is 0 Å². The molecule has 0 bridgehead atoms. The zero-order valence-electron chi connectivity index (χ0n) is 11.3. The normalized spacial score (nSPS) is 11.0. The zero-order valence-corrected chi connectivity index (χ0v) is 12.2. The number of carbonyl (C=O) groups is 1. The highest BCUT2D eigenvalue weighted by Gasteiger charge is 2.06. The molecule has 100 valence electrons. The lowest BCUT2D eigenvalue weighted by atomic mass is 10.2. The van der Waals surface area contributed by atoms with Crippen molar-refractivity contribution in [3.8, 4) is 0 Å². The van der Waals surface area contributed by atoms with Gasteiger partial charge in [0.05, 0.1) is 0 Å². The van der Waals surface area contributed by atoms with E-state index in [1.165, 1.54) is 0 Å². The van der Waals surface area contributed by atoms with Gasteiger partial charge in [0.25, 0.3) is 5.91 Å². The Balaban J connectivity index is 2.30. The van der Waals surface area contributed by atoms with Crippen LogP contribution in [0.5, 0.6) is 0 Å². The van der Waals surface area contributed by atoms with Crippen molar-refractivity contribution in [2.24, 2.45) is 0 Å². The first-order valence-corrected chi connectivity index (χ1v) is 6.73. The summed E-state index contributed by atoms with van der Waals surface area (Å²) in [5, 5.41) is 2.92. The van der Waals surface area contributed by atoms with Crippen LogP contribution in [0.3, 0.4) is 0 Å². The summed E-state index contributed by atoms with van der Waals surface area (Å²) >= 11 is 4.22. The summed E-state index contributed by atoms with van der Waals surface area (Å²) in [5.41, 5.74) is 0.666. The maximum Gasteiger partial charge on any atom is 0.251 e. The molecule has 3 nitrogen and oxygen atoms in total. The molecule has 0 heterocycles. The molecule has 1 N–H and O–H groups in total. The molecule has 1 aromatic rings. The van der Waals surface area contributed by atoms with E-state index in [0.29, 0.717) is 18.2 Å². The third kappa shape index (κ3) is 5.10. The van der Waals surface area contributed by atoms with E-state index in [9.17, 15) is 4.79 Å². The number of rotatable bonds is 6. The number of benzene rings is 1. The Hall–Kier alpha value is -1.00. The number of amides is 1. The van der Waals surface area contributed by atoms with Crippen molar-refractivity contribution < 1.29 is 4.79 Å². The standard InChI is InChI=1S/C14H22N2OS/c1-11(2)16(3)9-5-8-15-14(17)12-6-4-7-13(18)10-12/h4,6-7,10-11,18H,5,8-9H2,1-3H3,(H,15,17). The van der Waals surface area contributed by atoms with E-state index >= 15 is 0 Å². The van der Waals surface area contributed by atoms with Crippen LogP contribution < -0.4 is 5.32 Å². The molecule has 0 radical (unpaired) electrons. The van der Waals surface area contributed by atoms with E-state index in [-0.39, 0.29) is 5.91 Å². The van der Waals surface area contributed by atoms with Crippen LogP contribution >= 0.6 is 12.6 Å². The van der Waals surface area contributed by atoms with Crippen molar-refractivity contribution in [2.45, 2.75) is 31.2 Å². The second-order valence-corrected chi connectivity index (χ2v) is 5.25. The van der Waals surface area contributed by atoms with E-state index in [4.69, 9.17) is 0 Å². The minimum absolute atomic E-state index is 0.0295. The first-order valence-electron chi connectivity index (χ1n) is 6.28. The van der Waals surface area contributed by atoms with Crippen molar-refractivity contribution in [3.05, 3.63) is 29.8 Å². The molecule has 4 heteroatoms. The molecule has 1 aromatic carbocycles. The molecule has 0 atom stereocenters. The molecule has 0 saturated heterocycles. The third-order valence-corrected chi connectivity index (χ3v) is 3.24. The quantitative estimate of drug-likeness (QED) is 0.612. The van der Waals surface area contributed by atoms with Gasteiger partial charge < -0.3 is 10.2 Å². The minimum Gasteiger partial charge on any atom is -0.352 e. The van der Waals surface area contributed by atoms with E-state index in [1.54, 1.807) is 12.1 Å². The van der Waals surface area contributed by atoms with Crippen LogP contribution in [0.4, 0.5) is 0 Å². The van der Waals surface area contributed by atoms with E-state index in [2.05, 4.69) is 43.7 Å². The fourth-order valence-corrected chi connectivity index (χ4v) is 1.76. The topological polar surface area (TPSA) is 32.3 Å². The van der Waals surface area contributed by atoms with Crippen LogP contribution in [0.15, 0.2) is 29.2 Å². The number of thiol groups is 1. The number of carbonyl (C=O) groups excluding carboxylic acids is 1. The number of nitrogens with zero attached hydrogens (tertiary/aromatic N) is 1. The Morgan fingerprint density at radius 3 is 2.78 bits per heavy atom. The number of hydrogen-bond acceptors (Lipinski definition) is 3.